The minimum Gasteiger partial charge on any atom is -0.512 e. The molecule has 5 N–H and O–H groups in total. The lowest BCUT2D eigenvalue weighted by molar-refractivity contribution is 0.131. The Hall–Kier alpha value is -1.92. The van der Waals surface area contributed by atoms with E-state index in [2.05, 4.69) is 4.76 Å². The van der Waals surface area contributed by atoms with E-state index >= 15 is 0 Å². The summed E-state index contributed by atoms with van der Waals surface area (Å²) in [6.07, 6.45) is 3.06. The van der Waals surface area contributed by atoms with Crippen molar-refractivity contribution in [1.29, 1.82) is 0 Å². The lowest BCUT2D eigenvalue weighted by Crippen LogP contribution is -2.32. The van der Waals surface area contributed by atoms with Crippen LogP contribution in [0, 0.1) is 5.92 Å². The van der Waals surface area contributed by atoms with Crippen molar-refractivity contribution in [3.8, 4) is 5.75 Å². The van der Waals surface area contributed by atoms with Gasteiger partial charge in [-0.2, -0.15) is 4.76 Å². The average Bonchev–Trinajstić information content (AvgIpc) is 2.39. The standard InChI is InChI=1S/C14H16NO6P/c16-10-6-4-9(5-7-10)8-13(18)14-11(15-22(19,20)21)2-1-3-12(14)17/h1-7,13-14,16-18H,8H2,(H2,19,20,21)/b15-11+. The van der Waals surface area contributed by atoms with Crippen LogP contribution >= 0.6 is 7.75 Å². The van der Waals surface area contributed by atoms with E-state index in [0.29, 0.717) is 5.56 Å². The molecule has 8 heteroatoms. The third-order valence-corrected chi connectivity index (χ3v) is 3.67. The first kappa shape index (κ1) is 16.5. The smallest absolute Gasteiger partial charge is 0.448 e. The number of aliphatic hydroxyl groups excluding tert-OH is 2. The van der Waals surface area contributed by atoms with Gasteiger partial charge in [-0.1, -0.05) is 18.2 Å². The first-order valence-electron chi connectivity index (χ1n) is 6.45. The van der Waals surface area contributed by atoms with Crippen molar-refractivity contribution < 1.29 is 29.7 Å². The molecule has 1 aliphatic carbocycles. The Morgan fingerprint density at radius 2 is 1.82 bits per heavy atom. The molecule has 2 unspecified atom stereocenters. The van der Waals surface area contributed by atoms with Gasteiger partial charge in [-0.15, -0.1) is 0 Å². The third kappa shape index (κ3) is 4.29. The monoisotopic (exact) mass is 325 g/mol. The van der Waals surface area contributed by atoms with Crippen molar-refractivity contribution in [2.24, 2.45) is 10.7 Å². The molecular formula is C14H16NO6P. The van der Waals surface area contributed by atoms with Gasteiger partial charge in [-0.3, -0.25) is 0 Å². The first-order chi connectivity index (χ1) is 10.3. The molecule has 22 heavy (non-hydrogen) atoms. The maximum absolute atomic E-state index is 11.0. The first-order valence-corrected chi connectivity index (χ1v) is 8.01. The zero-order chi connectivity index (χ0) is 16.3. The van der Waals surface area contributed by atoms with Crippen molar-refractivity contribution in [3.63, 3.8) is 0 Å². The van der Waals surface area contributed by atoms with Crippen molar-refractivity contribution in [1.82, 2.24) is 0 Å². The number of phenolic OH excluding ortho intramolecular Hbond substituents is 1. The van der Waals surface area contributed by atoms with Gasteiger partial charge in [0.15, 0.2) is 0 Å². The summed E-state index contributed by atoms with van der Waals surface area (Å²) in [5.74, 6) is -1.15. The van der Waals surface area contributed by atoms with Gasteiger partial charge >= 0.3 is 7.75 Å². The quantitative estimate of drug-likeness (QED) is 0.533. The highest BCUT2D eigenvalue weighted by molar-refractivity contribution is 7.50. The van der Waals surface area contributed by atoms with Crippen LogP contribution in [-0.4, -0.2) is 36.9 Å². The minimum atomic E-state index is -4.67. The summed E-state index contributed by atoms with van der Waals surface area (Å²) in [7, 11) is -4.67. The van der Waals surface area contributed by atoms with Crippen molar-refractivity contribution in [3.05, 3.63) is 53.8 Å². The lowest BCUT2D eigenvalue weighted by Gasteiger charge is -2.24. The summed E-state index contributed by atoms with van der Waals surface area (Å²) in [5.41, 5.74) is 0.614. The van der Waals surface area contributed by atoms with Crippen LogP contribution in [0.3, 0.4) is 0 Å². The Labute approximate surface area is 126 Å². The molecule has 0 amide bonds. The van der Waals surface area contributed by atoms with Crippen molar-refractivity contribution in [2.45, 2.75) is 12.5 Å². The van der Waals surface area contributed by atoms with E-state index in [1.165, 1.54) is 30.4 Å². The molecule has 118 valence electrons. The molecule has 0 saturated carbocycles. The van der Waals surface area contributed by atoms with E-state index in [9.17, 15) is 19.9 Å². The molecule has 0 spiro atoms. The fraction of sp³-hybridized carbons (Fsp3) is 0.214. The number of benzene rings is 1. The van der Waals surface area contributed by atoms with Gasteiger partial charge in [0.05, 0.1) is 17.7 Å². The normalized spacial score (nSPS) is 21.7. The summed E-state index contributed by atoms with van der Waals surface area (Å²) >= 11 is 0. The van der Waals surface area contributed by atoms with Crippen LogP contribution in [0.1, 0.15) is 5.56 Å². The summed E-state index contributed by atoms with van der Waals surface area (Å²) in [6.45, 7) is 0. The second kappa shape index (κ2) is 6.46. The van der Waals surface area contributed by atoms with Crippen LogP contribution in [0.4, 0.5) is 0 Å². The van der Waals surface area contributed by atoms with Crippen molar-refractivity contribution in [2.75, 3.05) is 0 Å². The predicted molar refractivity (Wildman–Crippen MR) is 80.6 cm³/mol. The molecule has 0 bridgehead atoms. The van der Waals surface area contributed by atoms with E-state index < -0.39 is 19.8 Å². The number of phenols is 1. The Kier molecular flexibility index (Phi) is 4.83. The molecule has 0 aliphatic heterocycles. The highest BCUT2D eigenvalue weighted by Crippen LogP contribution is 2.38. The SMILES string of the molecule is O=P(O)(O)/N=C1\C=CC=C(O)C1C(O)Cc1ccc(O)cc1. The number of nitrogens with zero attached hydrogens (tertiary/aromatic N) is 1. The van der Waals surface area contributed by atoms with Crippen LogP contribution in [-0.2, 0) is 11.0 Å². The fourth-order valence-corrected chi connectivity index (χ4v) is 2.73. The summed E-state index contributed by atoms with van der Waals surface area (Å²) < 4.78 is 14.3. The zero-order valence-corrected chi connectivity index (χ0v) is 12.3. The zero-order valence-electron chi connectivity index (χ0n) is 11.4. The number of rotatable bonds is 4. The van der Waals surface area contributed by atoms with Crippen LogP contribution in [0.25, 0.3) is 0 Å². The van der Waals surface area contributed by atoms with Gasteiger partial charge in [-0.05, 0) is 36.3 Å². The molecule has 7 nitrogen and oxygen atoms in total. The van der Waals surface area contributed by atoms with Crippen LogP contribution < -0.4 is 0 Å². The topological polar surface area (TPSA) is 131 Å². The second-order valence-electron chi connectivity index (χ2n) is 4.90. The molecule has 0 fully saturated rings. The lowest BCUT2D eigenvalue weighted by atomic mass is 9.87. The minimum absolute atomic E-state index is 0.0837. The van der Waals surface area contributed by atoms with E-state index in [1.807, 2.05) is 0 Å². The molecule has 0 heterocycles. The number of hydrogen-bond acceptors (Lipinski definition) is 4. The van der Waals surface area contributed by atoms with Crippen LogP contribution in [0.15, 0.2) is 53.0 Å². The largest absolute Gasteiger partial charge is 0.512 e. The Bertz CT molecular complexity index is 673. The van der Waals surface area contributed by atoms with Gasteiger partial charge in [0.2, 0.25) is 0 Å². The van der Waals surface area contributed by atoms with Gasteiger partial charge in [-0.25, -0.2) is 4.57 Å². The number of aromatic hydroxyl groups is 1. The molecule has 0 aromatic heterocycles. The van der Waals surface area contributed by atoms with E-state index in [-0.39, 0.29) is 23.6 Å². The maximum Gasteiger partial charge on any atom is 0.448 e. The Morgan fingerprint density at radius 3 is 2.41 bits per heavy atom. The highest BCUT2D eigenvalue weighted by Gasteiger charge is 2.31. The van der Waals surface area contributed by atoms with Gasteiger partial charge in [0, 0.05) is 0 Å². The summed E-state index contributed by atoms with van der Waals surface area (Å²) in [5, 5.41) is 29.4. The molecule has 1 aromatic rings. The van der Waals surface area contributed by atoms with E-state index in [0.717, 1.165) is 0 Å². The Morgan fingerprint density at radius 1 is 1.18 bits per heavy atom. The second-order valence-corrected chi connectivity index (χ2v) is 6.13. The maximum atomic E-state index is 11.0. The third-order valence-electron chi connectivity index (χ3n) is 3.18. The van der Waals surface area contributed by atoms with Gasteiger partial charge in [0.1, 0.15) is 11.5 Å². The van der Waals surface area contributed by atoms with Gasteiger partial charge in [0.25, 0.3) is 0 Å². The molecule has 0 radical (unpaired) electrons. The Balaban J connectivity index is 2.24. The number of aliphatic hydroxyl groups is 2. The predicted octanol–water partition coefficient (Wildman–Crippen LogP) is 1.46. The molecule has 0 saturated heterocycles. The molecular weight excluding hydrogens is 309 g/mol. The summed E-state index contributed by atoms with van der Waals surface area (Å²) in [6, 6.07) is 6.14. The van der Waals surface area contributed by atoms with Crippen molar-refractivity contribution >= 4 is 13.5 Å². The highest BCUT2D eigenvalue weighted by atomic mass is 31.2. The van der Waals surface area contributed by atoms with Crippen LogP contribution in [0.5, 0.6) is 5.75 Å². The fourth-order valence-electron chi connectivity index (χ4n) is 2.24. The average molecular weight is 325 g/mol. The molecule has 2 atom stereocenters. The number of hydrogen-bond donors (Lipinski definition) is 5. The number of allylic oxidation sites excluding steroid dienone is 3. The molecule has 1 aromatic carbocycles. The summed E-state index contributed by atoms with van der Waals surface area (Å²) in [4.78, 5) is 17.9. The van der Waals surface area contributed by atoms with Gasteiger partial charge < -0.3 is 25.1 Å². The molecule has 1 aliphatic rings. The van der Waals surface area contributed by atoms with Crippen LogP contribution in [0.2, 0.25) is 0 Å². The van der Waals surface area contributed by atoms with E-state index in [1.54, 1.807) is 12.1 Å². The molecule has 2 rings (SSSR count). The van der Waals surface area contributed by atoms with E-state index in [4.69, 9.17) is 9.79 Å².